The number of amides is 1. The molecule has 0 radical (unpaired) electrons. The first-order valence-corrected chi connectivity index (χ1v) is 8.30. The number of nitrogens with one attached hydrogen (secondary N) is 2. The molecule has 3 aromatic rings. The van der Waals surface area contributed by atoms with E-state index in [1.165, 1.54) is 6.92 Å². The van der Waals surface area contributed by atoms with Gasteiger partial charge in [0, 0.05) is 21.8 Å². The summed E-state index contributed by atoms with van der Waals surface area (Å²) >= 11 is 5.90. The molecule has 0 saturated heterocycles. The Morgan fingerprint density at radius 3 is 2.27 bits per heavy atom. The van der Waals surface area contributed by atoms with Crippen LogP contribution in [0.3, 0.4) is 0 Å². The van der Waals surface area contributed by atoms with Gasteiger partial charge >= 0.3 is 0 Å². The maximum Gasteiger partial charge on any atom is 0.255 e. The molecular weight excluding hydrogens is 350 g/mol. The molecule has 26 heavy (non-hydrogen) atoms. The number of pyridine rings is 1. The lowest BCUT2D eigenvalue weighted by atomic mass is 10.1. The lowest BCUT2D eigenvalue weighted by molar-refractivity contribution is 0.101. The SMILES string of the molecule is CC(=O)c1ccc(Nc2ccc(NC(=O)c3cccc(Cl)c3)cn2)cc1. The number of ketones is 1. The van der Waals surface area contributed by atoms with Gasteiger partial charge in [-0.2, -0.15) is 0 Å². The molecule has 0 unspecified atom stereocenters. The Kier molecular flexibility index (Phi) is 5.29. The van der Waals surface area contributed by atoms with E-state index in [0.717, 1.165) is 5.69 Å². The van der Waals surface area contributed by atoms with Crippen molar-refractivity contribution in [3.8, 4) is 0 Å². The number of nitrogens with zero attached hydrogens (tertiary/aromatic N) is 1. The van der Waals surface area contributed by atoms with Crippen molar-refractivity contribution in [2.75, 3.05) is 10.6 Å². The Morgan fingerprint density at radius 1 is 0.923 bits per heavy atom. The number of benzene rings is 2. The number of hydrogen-bond acceptors (Lipinski definition) is 4. The van der Waals surface area contributed by atoms with Gasteiger partial charge in [-0.1, -0.05) is 17.7 Å². The predicted molar refractivity (Wildman–Crippen MR) is 103 cm³/mol. The van der Waals surface area contributed by atoms with Gasteiger partial charge < -0.3 is 10.6 Å². The van der Waals surface area contributed by atoms with E-state index in [2.05, 4.69) is 15.6 Å². The third-order valence-electron chi connectivity index (χ3n) is 3.67. The lowest BCUT2D eigenvalue weighted by Crippen LogP contribution is -2.12. The summed E-state index contributed by atoms with van der Waals surface area (Å²) in [7, 11) is 0. The molecule has 0 spiro atoms. The number of halogens is 1. The van der Waals surface area contributed by atoms with Crippen molar-refractivity contribution in [2.45, 2.75) is 6.92 Å². The number of hydrogen-bond donors (Lipinski definition) is 2. The first kappa shape index (κ1) is 17.6. The fourth-order valence-electron chi connectivity index (χ4n) is 2.31. The van der Waals surface area contributed by atoms with E-state index in [-0.39, 0.29) is 11.7 Å². The van der Waals surface area contributed by atoms with Crippen LogP contribution in [-0.2, 0) is 0 Å². The molecule has 0 bridgehead atoms. The average Bonchev–Trinajstić information content (AvgIpc) is 2.64. The fraction of sp³-hybridized carbons (Fsp3) is 0.0500. The molecule has 0 saturated carbocycles. The minimum atomic E-state index is -0.255. The van der Waals surface area contributed by atoms with E-state index < -0.39 is 0 Å². The first-order chi connectivity index (χ1) is 12.5. The van der Waals surface area contributed by atoms with Crippen molar-refractivity contribution in [1.29, 1.82) is 0 Å². The first-order valence-electron chi connectivity index (χ1n) is 7.92. The molecule has 0 aliphatic rings. The topological polar surface area (TPSA) is 71.1 Å². The standard InChI is InChI=1S/C20H16ClN3O2/c1-13(25)14-5-7-17(8-6-14)23-19-10-9-18(12-22-19)24-20(26)15-3-2-4-16(21)11-15/h2-12H,1H3,(H,22,23)(H,24,26). The molecule has 0 aliphatic carbocycles. The van der Waals surface area contributed by atoms with Gasteiger partial charge in [0.15, 0.2) is 5.78 Å². The van der Waals surface area contributed by atoms with Crippen LogP contribution in [0.4, 0.5) is 17.2 Å². The Hall–Kier alpha value is -3.18. The quantitative estimate of drug-likeness (QED) is 0.628. The molecule has 2 N–H and O–H groups in total. The third-order valence-corrected chi connectivity index (χ3v) is 3.91. The molecular formula is C20H16ClN3O2. The van der Waals surface area contributed by atoms with Crippen molar-refractivity contribution in [2.24, 2.45) is 0 Å². The second-order valence-electron chi connectivity index (χ2n) is 5.66. The maximum atomic E-state index is 12.2. The number of anilines is 3. The number of Topliss-reactive ketones (excluding diaryl/α,β-unsaturated/α-hetero) is 1. The molecule has 130 valence electrons. The average molecular weight is 366 g/mol. The zero-order valence-corrected chi connectivity index (χ0v) is 14.7. The van der Waals surface area contributed by atoms with Crippen LogP contribution in [0.2, 0.25) is 5.02 Å². The molecule has 5 nitrogen and oxygen atoms in total. The largest absolute Gasteiger partial charge is 0.340 e. The highest BCUT2D eigenvalue weighted by Crippen LogP contribution is 2.18. The van der Waals surface area contributed by atoms with Gasteiger partial charge in [-0.05, 0) is 61.5 Å². The van der Waals surface area contributed by atoms with E-state index in [0.29, 0.717) is 27.7 Å². The monoisotopic (exact) mass is 365 g/mol. The Bertz CT molecular complexity index is 938. The normalized spacial score (nSPS) is 10.2. The number of aromatic nitrogens is 1. The van der Waals surface area contributed by atoms with E-state index in [1.54, 1.807) is 54.7 Å². The van der Waals surface area contributed by atoms with Gasteiger partial charge in [-0.25, -0.2) is 4.98 Å². The third kappa shape index (κ3) is 4.46. The second kappa shape index (κ2) is 7.80. The van der Waals surface area contributed by atoms with Crippen LogP contribution in [0.15, 0.2) is 66.9 Å². The highest BCUT2D eigenvalue weighted by Gasteiger charge is 2.07. The molecule has 0 atom stereocenters. The van der Waals surface area contributed by atoms with Crippen LogP contribution in [0.25, 0.3) is 0 Å². The summed E-state index contributed by atoms with van der Waals surface area (Å²) in [6, 6.07) is 17.4. The minimum absolute atomic E-state index is 0.0227. The Balaban J connectivity index is 1.64. The van der Waals surface area contributed by atoms with Gasteiger partial charge in [0.1, 0.15) is 5.82 Å². The summed E-state index contributed by atoms with van der Waals surface area (Å²) in [6.07, 6.45) is 1.56. The van der Waals surface area contributed by atoms with Crippen molar-refractivity contribution in [3.05, 3.63) is 83.0 Å². The van der Waals surface area contributed by atoms with Crippen molar-refractivity contribution < 1.29 is 9.59 Å². The van der Waals surface area contributed by atoms with E-state index in [4.69, 9.17) is 11.6 Å². The zero-order chi connectivity index (χ0) is 18.5. The summed E-state index contributed by atoms with van der Waals surface area (Å²) in [4.78, 5) is 27.8. The Labute approximate surface area is 156 Å². The van der Waals surface area contributed by atoms with Gasteiger partial charge in [0.05, 0.1) is 11.9 Å². The predicted octanol–water partition coefficient (Wildman–Crippen LogP) is 4.93. The van der Waals surface area contributed by atoms with Crippen molar-refractivity contribution in [3.63, 3.8) is 0 Å². The molecule has 6 heteroatoms. The highest BCUT2D eigenvalue weighted by molar-refractivity contribution is 6.31. The van der Waals surface area contributed by atoms with Gasteiger partial charge in [-0.15, -0.1) is 0 Å². The van der Waals surface area contributed by atoms with Crippen LogP contribution in [-0.4, -0.2) is 16.7 Å². The summed E-state index contributed by atoms with van der Waals surface area (Å²) in [5, 5.41) is 6.41. The van der Waals surface area contributed by atoms with Crippen molar-refractivity contribution >= 4 is 40.5 Å². The summed E-state index contributed by atoms with van der Waals surface area (Å²) < 4.78 is 0. The maximum absolute atomic E-state index is 12.2. The fourth-order valence-corrected chi connectivity index (χ4v) is 2.50. The van der Waals surface area contributed by atoms with Crippen LogP contribution < -0.4 is 10.6 Å². The number of carbonyl (C=O) groups excluding carboxylic acids is 2. The molecule has 1 amide bonds. The highest BCUT2D eigenvalue weighted by atomic mass is 35.5. The summed E-state index contributed by atoms with van der Waals surface area (Å²) in [5.74, 6) is 0.394. The van der Waals surface area contributed by atoms with Crippen LogP contribution >= 0.6 is 11.6 Å². The number of rotatable bonds is 5. The smallest absolute Gasteiger partial charge is 0.255 e. The van der Waals surface area contributed by atoms with Gasteiger partial charge in [0.2, 0.25) is 0 Å². The lowest BCUT2D eigenvalue weighted by Gasteiger charge is -2.08. The number of carbonyl (C=O) groups is 2. The van der Waals surface area contributed by atoms with Gasteiger partial charge in [-0.3, -0.25) is 9.59 Å². The Morgan fingerprint density at radius 2 is 1.65 bits per heavy atom. The molecule has 2 aromatic carbocycles. The molecule has 3 rings (SSSR count). The molecule has 1 heterocycles. The van der Waals surface area contributed by atoms with E-state index >= 15 is 0 Å². The van der Waals surface area contributed by atoms with E-state index in [9.17, 15) is 9.59 Å². The molecule has 1 aromatic heterocycles. The summed E-state index contributed by atoms with van der Waals surface area (Å²) in [6.45, 7) is 1.53. The van der Waals surface area contributed by atoms with Gasteiger partial charge in [0.25, 0.3) is 5.91 Å². The van der Waals surface area contributed by atoms with Crippen molar-refractivity contribution in [1.82, 2.24) is 4.98 Å². The van der Waals surface area contributed by atoms with E-state index in [1.807, 2.05) is 12.1 Å². The summed E-state index contributed by atoms with van der Waals surface area (Å²) in [5.41, 5.74) is 2.53. The molecule has 0 fully saturated rings. The van der Waals surface area contributed by atoms with Crippen LogP contribution in [0, 0.1) is 0 Å². The molecule has 0 aliphatic heterocycles. The zero-order valence-electron chi connectivity index (χ0n) is 14.0. The minimum Gasteiger partial charge on any atom is -0.340 e. The van der Waals surface area contributed by atoms with Crippen LogP contribution in [0.1, 0.15) is 27.6 Å². The van der Waals surface area contributed by atoms with Crippen LogP contribution in [0.5, 0.6) is 0 Å². The second-order valence-corrected chi connectivity index (χ2v) is 6.09.